The monoisotopic (exact) mass is 488 g/mol. The maximum absolute atomic E-state index is 12.4. The predicted molar refractivity (Wildman–Crippen MR) is 133 cm³/mol. The predicted octanol–water partition coefficient (Wildman–Crippen LogP) is 5.38. The Bertz CT molecular complexity index is 1370. The van der Waals surface area contributed by atoms with E-state index in [2.05, 4.69) is 27.4 Å². The van der Waals surface area contributed by atoms with Crippen molar-refractivity contribution in [1.82, 2.24) is 9.97 Å². The quantitative estimate of drug-likeness (QED) is 0.334. The summed E-state index contributed by atoms with van der Waals surface area (Å²) in [6, 6.07) is 17.6. The molecule has 0 aliphatic carbocycles. The highest BCUT2D eigenvalue weighted by atomic mass is 32.2. The first-order chi connectivity index (χ1) is 16.1. The molecule has 33 heavy (non-hydrogen) atoms. The van der Waals surface area contributed by atoms with Crippen molar-refractivity contribution in [1.29, 1.82) is 10.5 Å². The Morgan fingerprint density at radius 2 is 1.85 bits per heavy atom. The minimum absolute atomic E-state index is 0.0723. The van der Waals surface area contributed by atoms with E-state index in [4.69, 9.17) is 5.73 Å². The minimum Gasteiger partial charge on any atom is -0.383 e. The Hall–Kier alpha value is -3.70. The van der Waals surface area contributed by atoms with E-state index in [1.807, 2.05) is 53.2 Å². The molecule has 0 spiro atoms. The average Bonchev–Trinajstić information content (AvgIpc) is 3.52. The number of pyridine rings is 1. The second-order valence-corrected chi connectivity index (χ2v) is 9.57. The highest BCUT2D eigenvalue weighted by Gasteiger charge is 2.21. The zero-order chi connectivity index (χ0) is 23.2. The van der Waals surface area contributed by atoms with Crippen LogP contribution in [0.2, 0.25) is 0 Å². The third kappa shape index (κ3) is 5.04. The normalized spacial score (nSPS) is 10.4. The van der Waals surface area contributed by atoms with Gasteiger partial charge in [-0.15, -0.1) is 34.4 Å². The molecule has 3 heterocycles. The summed E-state index contributed by atoms with van der Waals surface area (Å²) in [5.74, 6) is 0.276. The van der Waals surface area contributed by atoms with E-state index in [1.165, 1.54) is 34.4 Å². The van der Waals surface area contributed by atoms with Gasteiger partial charge in [0.25, 0.3) is 0 Å². The van der Waals surface area contributed by atoms with E-state index in [1.54, 1.807) is 0 Å². The number of carbonyl (C=O) groups excluding carboxylic acids is 1. The summed E-state index contributed by atoms with van der Waals surface area (Å²) in [5.41, 5.74) is 8.78. The van der Waals surface area contributed by atoms with Crippen molar-refractivity contribution in [2.45, 2.75) is 11.4 Å². The van der Waals surface area contributed by atoms with Crippen molar-refractivity contribution in [2.75, 3.05) is 16.8 Å². The molecule has 0 aliphatic heterocycles. The van der Waals surface area contributed by atoms with Crippen LogP contribution in [0.25, 0.3) is 21.7 Å². The SMILES string of the molecule is N#Cc1c(N)nc(SCCC(=O)Nc2nc(-c3ccccc3)cs2)c(C#N)c1-c1cccs1. The molecular formula is C23H16N6OS3. The highest BCUT2D eigenvalue weighted by molar-refractivity contribution is 7.99. The van der Waals surface area contributed by atoms with E-state index < -0.39 is 0 Å². The summed E-state index contributed by atoms with van der Waals surface area (Å²) >= 11 is 4.04. The molecule has 3 N–H and O–H groups in total. The lowest BCUT2D eigenvalue weighted by molar-refractivity contribution is -0.115. The molecule has 0 aliphatic rings. The summed E-state index contributed by atoms with van der Waals surface area (Å²) in [6.07, 6.45) is 0.200. The average molecular weight is 489 g/mol. The van der Waals surface area contributed by atoms with E-state index in [0.717, 1.165) is 16.1 Å². The number of carbonyl (C=O) groups is 1. The third-order valence-corrected chi connectivity index (χ3v) is 7.19. The molecular weight excluding hydrogens is 472 g/mol. The lowest BCUT2D eigenvalue weighted by atomic mass is 10.0. The Labute approximate surface area is 202 Å². The maximum atomic E-state index is 12.4. The number of anilines is 2. The first-order valence-electron chi connectivity index (χ1n) is 9.72. The molecule has 1 aromatic carbocycles. The zero-order valence-electron chi connectivity index (χ0n) is 17.1. The Morgan fingerprint density at radius 1 is 1.06 bits per heavy atom. The summed E-state index contributed by atoms with van der Waals surface area (Å²) in [5, 5.41) is 26.8. The van der Waals surface area contributed by atoms with E-state index in [9.17, 15) is 15.3 Å². The first kappa shape index (κ1) is 22.5. The van der Waals surface area contributed by atoms with Crippen LogP contribution in [0.4, 0.5) is 10.9 Å². The summed E-state index contributed by atoms with van der Waals surface area (Å²) < 4.78 is 0. The number of thiophene rings is 1. The number of nitrogens with zero attached hydrogens (tertiary/aromatic N) is 4. The van der Waals surface area contributed by atoms with Gasteiger partial charge in [-0.05, 0) is 11.4 Å². The molecule has 0 atom stereocenters. The molecule has 0 bridgehead atoms. The smallest absolute Gasteiger partial charge is 0.226 e. The number of aromatic nitrogens is 2. The topological polar surface area (TPSA) is 128 Å². The molecule has 0 unspecified atom stereocenters. The van der Waals surface area contributed by atoms with Crippen LogP contribution in [0.3, 0.4) is 0 Å². The largest absolute Gasteiger partial charge is 0.383 e. The van der Waals surface area contributed by atoms with Crippen LogP contribution in [-0.4, -0.2) is 21.6 Å². The molecule has 7 nitrogen and oxygen atoms in total. The molecule has 0 radical (unpaired) electrons. The molecule has 4 aromatic rings. The van der Waals surface area contributed by atoms with Crippen LogP contribution in [-0.2, 0) is 4.79 Å². The summed E-state index contributed by atoms with van der Waals surface area (Å²) in [4.78, 5) is 21.9. The fourth-order valence-corrected chi connectivity index (χ4v) is 5.52. The van der Waals surface area contributed by atoms with Crippen molar-refractivity contribution >= 4 is 51.3 Å². The van der Waals surface area contributed by atoms with Gasteiger partial charge in [-0.25, -0.2) is 9.97 Å². The fraction of sp³-hybridized carbons (Fsp3) is 0.0870. The van der Waals surface area contributed by atoms with Crippen molar-refractivity contribution in [2.24, 2.45) is 0 Å². The third-order valence-electron chi connectivity index (χ3n) is 4.57. The van der Waals surface area contributed by atoms with Crippen molar-refractivity contribution in [3.05, 3.63) is 64.4 Å². The number of amides is 1. The maximum Gasteiger partial charge on any atom is 0.226 e. The zero-order valence-corrected chi connectivity index (χ0v) is 19.6. The van der Waals surface area contributed by atoms with Crippen LogP contribution < -0.4 is 11.1 Å². The number of nitriles is 2. The van der Waals surface area contributed by atoms with Crippen molar-refractivity contribution in [3.63, 3.8) is 0 Å². The van der Waals surface area contributed by atoms with Crippen LogP contribution in [0, 0.1) is 22.7 Å². The molecule has 3 aromatic heterocycles. The van der Waals surface area contributed by atoms with E-state index in [-0.39, 0.29) is 23.7 Å². The second-order valence-electron chi connectivity index (χ2n) is 6.68. The molecule has 4 rings (SSSR count). The van der Waals surface area contributed by atoms with Gasteiger partial charge < -0.3 is 11.1 Å². The van der Waals surface area contributed by atoms with Gasteiger partial charge in [-0.3, -0.25) is 4.79 Å². The number of nitrogen functional groups attached to an aromatic ring is 1. The fourth-order valence-electron chi connectivity index (χ4n) is 3.06. The lowest BCUT2D eigenvalue weighted by Gasteiger charge is -2.11. The highest BCUT2D eigenvalue weighted by Crippen LogP contribution is 2.37. The van der Waals surface area contributed by atoms with Crippen LogP contribution >= 0.6 is 34.4 Å². The molecule has 0 fully saturated rings. The molecule has 162 valence electrons. The number of benzene rings is 1. The number of thiazole rings is 1. The van der Waals surface area contributed by atoms with Gasteiger partial charge in [0, 0.05) is 33.6 Å². The van der Waals surface area contributed by atoms with E-state index >= 15 is 0 Å². The molecule has 0 saturated heterocycles. The van der Waals surface area contributed by atoms with Gasteiger partial charge in [0.1, 0.15) is 28.5 Å². The molecule has 1 amide bonds. The van der Waals surface area contributed by atoms with Crippen LogP contribution in [0.1, 0.15) is 17.5 Å². The lowest BCUT2D eigenvalue weighted by Crippen LogP contribution is -2.12. The second kappa shape index (κ2) is 10.3. The number of hydrogen-bond donors (Lipinski definition) is 2. The van der Waals surface area contributed by atoms with Gasteiger partial charge in [0.2, 0.25) is 5.91 Å². The Kier molecular flexibility index (Phi) is 7.01. The van der Waals surface area contributed by atoms with Gasteiger partial charge in [-0.1, -0.05) is 36.4 Å². The number of hydrogen-bond acceptors (Lipinski definition) is 9. The number of nitrogens with one attached hydrogen (secondary N) is 1. The Morgan fingerprint density at radius 3 is 2.55 bits per heavy atom. The summed E-state index contributed by atoms with van der Waals surface area (Å²) in [6.45, 7) is 0. The van der Waals surface area contributed by atoms with Gasteiger partial charge in [-0.2, -0.15) is 10.5 Å². The Balaban J connectivity index is 1.44. The molecule has 10 heteroatoms. The van der Waals surface area contributed by atoms with Gasteiger partial charge in [0.15, 0.2) is 5.13 Å². The number of rotatable bonds is 7. The minimum atomic E-state index is -0.185. The number of thioether (sulfide) groups is 1. The van der Waals surface area contributed by atoms with Crippen molar-refractivity contribution < 1.29 is 4.79 Å². The summed E-state index contributed by atoms with van der Waals surface area (Å²) in [7, 11) is 0. The standard InChI is InChI=1S/C23H16N6OS3/c24-11-15-20(18-7-4-9-31-18)16(12-25)22(29-21(15)26)32-10-8-19(30)28-23-27-17(13-33-23)14-5-2-1-3-6-14/h1-7,9,13H,8,10H2,(H2,26,29)(H,27,28,30). The first-order valence-corrected chi connectivity index (χ1v) is 12.5. The molecule has 0 saturated carbocycles. The van der Waals surface area contributed by atoms with Crippen LogP contribution in [0.15, 0.2) is 58.3 Å². The number of nitrogens with two attached hydrogens (primary N) is 1. The van der Waals surface area contributed by atoms with E-state index in [0.29, 0.717) is 27.0 Å². The van der Waals surface area contributed by atoms with Gasteiger partial charge in [0.05, 0.1) is 11.3 Å². The van der Waals surface area contributed by atoms with Gasteiger partial charge >= 0.3 is 0 Å². The van der Waals surface area contributed by atoms with Crippen molar-refractivity contribution in [3.8, 4) is 33.8 Å². The van der Waals surface area contributed by atoms with Crippen LogP contribution in [0.5, 0.6) is 0 Å².